The second kappa shape index (κ2) is 8.44. The number of halogens is 1. The van der Waals surface area contributed by atoms with E-state index in [1.807, 2.05) is 29.2 Å². The Morgan fingerprint density at radius 3 is 2.46 bits per heavy atom. The SMILES string of the molecule is O=C(CCOc1ccc(Cl)cc1)N1CCN(c2cnc3ccccc3n2)CC1. The molecule has 1 aliphatic rings. The van der Waals surface area contributed by atoms with Crippen LogP contribution in [0, 0.1) is 0 Å². The molecular weight excluding hydrogens is 376 g/mol. The Morgan fingerprint density at radius 1 is 1.00 bits per heavy atom. The first kappa shape index (κ1) is 18.5. The van der Waals surface area contributed by atoms with Gasteiger partial charge in [-0.2, -0.15) is 0 Å². The molecule has 0 bridgehead atoms. The number of hydrogen-bond donors (Lipinski definition) is 0. The zero-order valence-electron chi connectivity index (χ0n) is 15.4. The van der Waals surface area contributed by atoms with Gasteiger partial charge >= 0.3 is 0 Å². The summed E-state index contributed by atoms with van der Waals surface area (Å²) in [5, 5.41) is 0.664. The molecule has 0 radical (unpaired) electrons. The zero-order chi connectivity index (χ0) is 19.3. The van der Waals surface area contributed by atoms with E-state index in [1.165, 1.54) is 0 Å². The van der Waals surface area contributed by atoms with E-state index in [0.717, 1.165) is 35.7 Å². The third kappa shape index (κ3) is 4.34. The molecule has 0 spiro atoms. The fourth-order valence-electron chi connectivity index (χ4n) is 3.23. The highest BCUT2D eigenvalue weighted by atomic mass is 35.5. The van der Waals surface area contributed by atoms with Crippen molar-refractivity contribution in [3.63, 3.8) is 0 Å². The van der Waals surface area contributed by atoms with Gasteiger partial charge in [-0.15, -0.1) is 0 Å². The highest BCUT2D eigenvalue weighted by Crippen LogP contribution is 2.18. The summed E-state index contributed by atoms with van der Waals surface area (Å²) in [7, 11) is 0. The van der Waals surface area contributed by atoms with Gasteiger partial charge in [0.15, 0.2) is 0 Å². The zero-order valence-corrected chi connectivity index (χ0v) is 16.2. The Labute approximate surface area is 168 Å². The number of amides is 1. The maximum absolute atomic E-state index is 12.4. The van der Waals surface area contributed by atoms with Crippen molar-refractivity contribution in [2.24, 2.45) is 0 Å². The first-order chi connectivity index (χ1) is 13.7. The van der Waals surface area contributed by atoms with Crippen molar-refractivity contribution < 1.29 is 9.53 Å². The lowest BCUT2D eigenvalue weighted by atomic mass is 10.2. The molecule has 3 aromatic rings. The number of carbonyl (C=O) groups excluding carboxylic acids is 1. The largest absolute Gasteiger partial charge is 0.493 e. The number of rotatable bonds is 5. The Kier molecular flexibility index (Phi) is 5.58. The van der Waals surface area contributed by atoms with Gasteiger partial charge in [0.05, 0.1) is 30.3 Å². The number of ether oxygens (including phenoxy) is 1. The average Bonchev–Trinajstić information content (AvgIpc) is 2.75. The third-order valence-corrected chi connectivity index (χ3v) is 5.04. The number of fused-ring (bicyclic) bond motifs is 1. The van der Waals surface area contributed by atoms with Gasteiger partial charge in [-0.25, -0.2) is 4.98 Å². The van der Waals surface area contributed by atoms with E-state index in [1.54, 1.807) is 30.5 Å². The molecule has 1 aromatic heterocycles. The fourth-order valence-corrected chi connectivity index (χ4v) is 3.36. The molecule has 144 valence electrons. The lowest BCUT2D eigenvalue weighted by Crippen LogP contribution is -2.49. The van der Waals surface area contributed by atoms with Gasteiger partial charge in [0.2, 0.25) is 5.91 Å². The summed E-state index contributed by atoms with van der Waals surface area (Å²) in [5.41, 5.74) is 1.78. The van der Waals surface area contributed by atoms with Crippen LogP contribution in [0.5, 0.6) is 5.75 Å². The molecule has 0 N–H and O–H groups in total. The van der Waals surface area contributed by atoms with Crippen molar-refractivity contribution in [2.45, 2.75) is 6.42 Å². The maximum atomic E-state index is 12.4. The predicted octanol–water partition coefficient (Wildman–Crippen LogP) is 3.40. The minimum atomic E-state index is 0.109. The molecule has 4 rings (SSSR count). The number of hydrogen-bond acceptors (Lipinski definition) is 5. The van der Waals surface area contributed by atoms with Crippen LogP contribution < -0.4 is 9.64 Å². The summed E-state index contributed by atoms with van der Waals surface area (Å²) in [5.74, 6) is 1.69. The first-order valence-corrected chi connectivity index (χ1v) is 9.70. The molecule has 1 aliphatic heterocycles. The number of benzene rings is 2. The molecule has 0 atom stereocenters. The fraction of sp³-hybridized carbons (Fsp3) is 0.286. The van der Waals surface area contributed by atoms with E-state index in [9.17, 15) is 4.79 Å². The quantitative estimate of drug-likeness (QED) is 0.661. The van der Waals surface area contributed by atoms with E-state index < -0.39 is 0 Å². The van der Waals surface area contributed by atoms with Crippen molar-refractivity contribution in [3.8, 4) is 5.75 Å². The van der Waals surface area contributed by atoms with Crippen molar-refractivity contribution >= 4 is 34.4 Å². The molecule has 1 amide bonds. The van der Waals surface area contributed by atoms with E-state index in [-0.39, 0.29) is 5.91 Å². The summed E-state index contributed by atoms with van der Waals surface area (Å²) in [6.07, 6.45) is 2.16. The second-order valence-electron chi connectivity index (χ2n) is 6.64. The lowest BCUT2D eigenvalue weighted by molar-refractivity contribution is -0.132. The van der Waals surface area contributed by atoms with Gasteiger partial charge in [-0.3, -0.25) is 9.78 Å². The van der Waals surface area contributed by atoms with Crippen LogP contribution >= 0.6 is 11.6 Å². The standard InChI is InChI=1S/C21H21ClN4O2/c22-16-5-7-17(8-6-16)28-14-9-21(27)26-12-10-25(11-13-26)20-15-23-18-3-1-2-4-19(18)24-20/h1-8,15H,9-14H2. The molecule has 28 heavy (non-hydrogen) atoms. The minimum absolute atomic E-state index is 0.109. The van der Waals surface area contributed by atoms with Crippen LogP contribution in [0.2, 0.25) is 5.02 Å². The maximum Gasteiger partial charge on any atom is 0.226 e. The summed E-state index contributed by atoms with van der Waals surface area (Å²) < 4.78 is 5.62. The number of piperazine rings is 1. The van der Waals surface area contributed by atoms with Gasteiger partial charge in [-0.1, -0.05) is 23.7 Å². The highest BCUT2D eigenvalue weighted by Gasteiger charge is 2.22. The Balaban J connectivity index is 1.27. The van der Waals surface area contributed by atoms with E-state index in [0.29, 0.717) is 31.1 Å². The normalized spacial score (nSPS) is 14.3. The topological polar surface area (TPSA) is 58.6 Å². The van der Waals surface area contributed by atoms with E-state index >= 15 is 0 Å². The van der Waals surface area contributed by atoms with Gasteiger partial charge in [0.25, 0.3) is 0 Å². The van der Waals surface area contributed by atoms with Crippen LogP contribution in [-0.4, -0.2) is 53.6 Å². The molecule has 0 unspecified atom stereocenters. The number of para-hydroxylation sites is 2. The van der Waals surface area contributed by atoms with E-state index in [4.69, 9.17) is 16.3 Å². The second-order valence-corrected chi connectivity index (χ2v) is 7.07. The predicted molar refractivity (Wildman–Crippen MR) is 110 cm³/mol. The molecular formula is C21H21ClN4O2. The number of nitrogens with zero attached hydrogens (tertiary/aromatic N) is 4. The van der Waals surface area contributed by atoms with Gasteiger partial charge in [-0.05, 0) is 36.4 Å². The van der Waals surface area contributed by atoms with Crippen LogP contribution in [0.4, 0.5) is 5.82 Å². The van der Waals surface area contributed by atoms with Gasteiger partial charge in [0.1, 0.15) is 11.6 Å². The number of anilines is 1. The minimum Gasteiger partial charge on any atom is -0.493 e. The Hall–Kier alpha value is -2.86. The number of aromatic nitrogens is 2. The monoisotopic (exact) mass is 396 g/mol. The van der Waals surface area contributed by atoms with Crippen molar-refractivity contribution in [2.75, 3.05) is 37.7 Å². The molecule has 0 saturated carbocycles. The van der Waals surface area contributed by atoms with Crippen LogP contribution in [-0.2, 0) is 4.79 Å². The van der Waals surface area contributed by atoms with Gasteiger partial charge in [0, 0.05) is 31.2 Å². The van der Waals surface area contributed by atoms with Crippen LogP contribution in [0.1, 0.15) is 6.42 Å². The smallest absolute Gasteiger partial charge is 0.226 e. The molecule has 0 aliphatic carbocycles. The molecule has 2 heterocycles. The van der Waals surface area contributed by atoms with Crippen molar-refractivity contribution in [3.05, 3.63) is 59.8 Å². The average molecular weight is 397 g/mol. The Bertz CT molecular complexity index is 956. The first-order valence-electron chi connectivity index (χ1n) is 9.32. The summed E-state index contributed by atoms with van der Waals surface area (Å²) >= 11 is 5.85. The van der Waals surface area contributed by atoms with E-state index in [2.05, 4.69) is 14.9 Å². The molecule has 1 fully saturated rings. The highest BCUT2D eigenvalue weighted by molar-refractivity contribution is 6.30. The molecule has 7 heteroatoms. The molecule has 6 nitrogen and oxygen atoms in total. The summed E-state index contributed by atoms with van der Waals surface area (Å²) in [6, 6.07) is 15.0. The summed E-state index contributed by atoms with van der Waals surface area (Å²) in [6.45, 7) is 3.20. The van der Waals surface area contributed by atoms with Crippen LogP contribution in [0.25, 0.3) is 11.0 Å². The molecule has 1 saturated heterocycles. The Morgan fingerprint density at radius 2 is 1.71 bits per heavy atom. The van der Waals surface area contributed by atoms with Gasteiger partial charge < -0.3 is 14.5 Å². The van der Waals surface area contributed by atoms with Crippen molar-refractivity contribution in [1.29, 1.82) is 0 Å². The third-order valence-electron chi connectivity index (χ3n) is 4.79. The van der Waals surface area contributed by atoms with Crippen LogP contribution in [0.15, 0.2) is 54.7 Å². The van der Waals surface area contributed by atoms with Crippen molar-refractivity contribution in [1.82, 2.24) is 14.9 Å². The lowest BCUT2D eigenvalue weighted by Gasteiger charge is -2.35. The summed E-state index contributed by atoms with van der Waals surface area (Å²) in [4.78, 5) is 25.7. The molecule has 2 aromatic carbocycles. The van der Waals surface area contributed by atoms with Crippen LogP contribution in [0.3, 0.4) is 0 Å². The number of carbonyl (C=O) groups is 1.